The maximum Gasteiger partial charge on any atom is 0.323 e. The van der Waals surface area contributed by atoms with Gasteiger partial charge in [-0.3, -0.25) is 19.2 Å². The molecular weight excluding hydrogens is 528 g/mol. The zero-order chi connectivity index (χ0) is 29.8. The first-order valence-corrected chi connectivity index (χ1v) is 12.9. The molecular formula is C30H32N4O7. The van der Waals surface area contributed by atoms with E-state index in [9.17, 15) is 29.1 Å². The summed E-state index contributed by atoms with van der Waals surface area (Å²) < 4.78 is 0. The molecule has 0 heterocycles. The van der Waals surface area contributed by atoms with Crippen LogP contribution in [0, 0.1) is 6.92 Å². The van der Waals surface area contributed by atoms with Gasteiger partial charge in [-0.05, 0) is 60.4 Å². The van der Waals surface area contributed by atoms with E-state index in [0.29, 0.717) is 22.6 Å². The van der Waals surface area contributed by atoms with Crippen molar-refractivity contribution in [2.45, 2.75) is 45.1 Å². The summed E-state index contributed by atoms with van der Waals surface area (Å²) in [5.74, 6) is -2.83. The molecule has 3 aromatic rings. The molecule has 0 aliphatic carbocycles. The molecule has 0 bridgehead atoms. The van der Waals surface area contributed by atoms with Gasteiger partial charge in [0.1, 0.15) is 0 Å². The molecule has 214 valence electrons. The van der Waals surface area contributed by atoms with Crippen molar-refractivity contribution in [2.75, 3.05) is 16.0 Å². The number of nitrogens with one attached hydrogen (secondary N) is 4. The van der Waals surface area contributed by atoms with Gasteiger partial charge in [0.2, 0.25) is 11.8 Å². The number of amides is 4. The number of rotatable bonds is 13. The van der Waals surface area contributed by atoms with E-state index in [2.05, 4.69) is 21.3 Å². The fraction of sp³-hybridized carbons (Fsp3) is 0.233. The summed E-state index contributed by atoms with van der Waals surface area (Å²) in [5.41, 5.74) is 3.98. The van der Waals surface area contributed by atoms with Gasteiger partial charge in [-0.1, -0.05) is 42.5 Å². The average Bonchev–Trinajstić information content (AvgIpc) is 2.90. The van der Waals surface area contributed by atoms with E-state index in [1.165, 1.54) is 0 Å². The maximum absolute atomic E-state index is 12.6. The second-order valence-electron chi connectivity index (χ2n) is 9.40. The van der Waals surface area contributed by atoms with Crippen molar-refractivity contribution in [3.05, 3.63) is 89.5 Å². The number of para-hydroxylation sites is 1. The maximum atomic E-state index is 12.6. The number of hydrogen-bond donors (Lipinski definition) is 6. The Labute approximate surface area is 237 Å². The molecule has 11 nitrogen and oxygen atoms in total. The normalized spacial score (nSPS) is 11.1. The Morgan fingerprint density at radius 2 is 1.34 bits per heavy atom. The van der Waals surface area contributed by atoms with E-state index >= 15 is 0 Å². The van der Waals surface area contributed by atoms with Crippen LogP contribution in [0.2, 0.25) is 0 Å². The number of aliphatic carboxylic acids is 2. The molecule has 0 saturated carbocycles. The van der Waals surface area contributed by atoms with Crippen LogP contribution < -0.4 is 21.3 Å². The zero-order valence-corrected chi connectivity index (χ0v) is 22.5. The van der Waals surface area contributed by atoms with Crippen LogP contribution in [-0.4, -0.2) is 40.0 Å². The predicted molar refractivity (Wildman–Crippen MR) is 154 cm³/mol. The Morgan fingerprint density at radius 1 is 0.707 bits per heavy atom. The second kappa shape index (κ2) is 14.8. The van der Waals surface area contributed by atoms with Gasteiger partial charge in [-0.15, -0.1) is 0 Å². The second-order valence-corrected chi connectivity index (χ2v) is 9.40. The summed E-state index contributed by atoms with van der Waals surface area (Å²) in [5, 5.41) is 28.9. The number of aryl methyl sites for hydroxylation is 1. The van der Waals surface area contributed by atoms with Gasteiger partial charge < -0.3 is 31.5 Å². The Bertz CT molecular complexity index is 1390. The van der Waals surface area contributed by atoms with E-state index in [0.717, 1.165) is 11.1 Å². The van der Waals surface area contributed by atoms with Crippen molar-refractivity contribution in [1.82, 2.24) is 5.32 Å². The molecule has 0 spiro atoms. The highest BCUT2D eigenvalue weighted by molar-refractivity contribution is 6.00. The number of carbonyl (C=O) groups is 5. The molecule has 0 aliphatic rings. The highest BCUT2D eigenvalue weighted by atomic mass is 16.4. The number of carboxylic acids is 2. The Hall–Kier alpha value is -5.19. The molecule has 11 heteroatoms. The number of benzene rings is 3. The topological polar surface area (TPSA) is 174 Å². The molecule has 41 heavy (non-hydrogen) atoms. The molecule has 6 N–H and O–H groups in total. The summed E-state index contributed by atoms with van der Waals surface area (Å²) in [6, 6.07) is 19.6. The lowest BCUT2D eigenvalue weighted by molar-refractivity contribution is -0.138. The summed E-state index contributed by atoms with van der Waals surface area (Å²) in [7, 11) is 0. The highest BCUT2D eigenvalue weighted by Gasteiger charge is 2.18. The van der Waals surface area contributed by atoms with Crippen LogP contribution >= 0.6 is 0 Å². The number of carbonyl (C=O) groups excluding carboxylic acids is 3. The Balaban J connectivity index is 1.51. The van der Waals surface area contributed by atoms with Crippen molar-refractivity contribution in [3.63, 3.8) is 0 Å². The quantitative estimate of drug-likeness (QED) is 0.176. The molecule has 0 fully saturated rings. The minimum Gasteiger partial charge on any atom is -0.481 e. The first-order chi connectivity index (χ1) is 19.6. The fourth-order valence-electron chi connectivity index (χ4n) is 3.99. The van der Waals surface area contributed by atoms with Gasteiger partial charge in [-0.25, -0.2) is 4.79 Å². The molecule has 0 saturated heterocycles. The van der Waals surface area contributed by atoms with Gasteiger partial charge >= 0.3 is 18.0 Å². The molecule has 3 rings (SSSR count). The summed E-state index contributed by atoms with van der Waals surface area (Å²) in [6.07, 6.45) is -0.305. The minimum atomic E-state index is -1.11. The number of anilines is 3. The van der Waals surface area contributed by atoms with Gasteiger partial charge in [0.05, 0.1) is 18.9 Å². The van der Waals surface area contributed by atoms with Crippen molar-refractivity contribution in [1.29, 1.82) is 0 Å². The molecule has 4 amide bonds. The van der Waals surface area contributed by atoms with Crippen LogP contribution in [0.3, 0.4) is 0 Å². The van der Waals surface area contributed by atoms with Crippen molar-refractivity contribution in [2.24, 2.45) is 0 Å². The van der Waals surface area contributed by atoms with Crippen molar-refractivity contribution >= 4 is 46.8 Å². The minimum absolute atomic E-state index is 0.0335. The van der Waals surface area contributed by atoms with E-state index in [1.807, 2.05) is 31.2 Å². The first kappa shape index (κ1) is 30.4. The fourth-order valence-corrected chi connectivity index (χ4v) is 3.99. The summed E-state index contributed by atoms with van der Waals surface area (Å²) in [6.45, 7) is 1.90. The lowest BCUT2D eigenvalue weighted by atomic mass is 10.0. The third-order valence-corrected chi connectivity index (χ3v) is 6.08. The van der Waals surface area contributed by atoms with E-state index < -0.39 is 23.9 Å². The van der Waals surface area contributed by atoms with E-state index in [1.54, 1.807) is 48.5 Å². The molecule has 0 aliphatic heterocycles. The number of urea groups is 1. The van der Waals surface area contributed by atoms with Gasteiger partial charge in [-0.2, -0.15) is 0 Å². The smallest absolute Gasteiger partial charge is 0.323 e. The molecule has 1 unspecified atom stereocenters. The third kappa shape index (κ3) is 10.5. The van der Waals surface area contributed by atoms with E-state index in [-0.39, 0.29) is 44.0 Å². The molecule has 0 aromatic heterocycles. The highest BCUT2D eigenvalue weighted by Crippen LogP contribution is 2.21. The van der Waals surface area contributed by atoms with Crippen LogP contribution in [0.1, 0.15) is 48.4 Å². The Kier molecular flexibility index (Phi) is 11.0. The predicted octanol–water partition coefficient (Wildman–Crippen LogP) is 4.71. The average molecular weight is 561 g/mol. The first-order valence-electron chi connectivity index (χ1n) is 12.9. The molecule has 3 aromatic carbocycles. The standard InChI is InChI=1S/C30H32N4O7/c1-19-5-2-3-6-24(19)34-30(41)32-23-13-9-20(10-14-23)17-27(36)31-22-15-11-21(12-16-22)25(18-29(39)40)33-26(35)7-4-8-28(37)38/h2-3,5-6,9-16,25H,4,7-8,17-18H2,1H3,(H,31,36)(H,33,35)(H,37,38)(H,39,40)(H2,32,34,41). The summed E-state index contributed by atoms with van der Waals surface area (Å²) >= 11 is 0. The third-order valence-electron chi connectivity index (χ3n) is 6.08. The lowest BCUT2D eigenvalue weighted by Crippen LogP contribution is -2.30. The van der Waals surface area contributed by atoms with Crippen LogP contribution in [0.4, 0.5) is 21.9 Å². The van der Waals surface area contributed by atoms with Crippen molar-refractivity contribution < 1.29 is 34.2 Å². The number of carboxylic acid groups (broad SMARTS) is 2. The van der Waals surface area contributed by atoms with Crippen LogP contribution in [0.15, 0.2) is 72.8 Å². The Morgan fingerprint density at radius 3 is 1.98 bits per heavy atom. The van der Waals surface area contributed by atoms with Gasteiger partial charge in [0.25, 0.3) is 0 Å². The molecule has 0 radical (unpaired) electrons. The molecule has 1 atom stereocenters. The van der Waals surface area contributed by atoms with Crippen LogP contribution in [0.5, 0.6) is 0 Å². The van der Waals surface area contributed by atoms with Crippen LogP contribution in [-0.2, 0) is 25.6 Å². The SMILES string of the molecule is Cc1ccccc1NC(=O)Nc1ccc(CC(=O)Nc2ccc(C(CC(=O)O)NC(=O)CCCC(=O)O)cc2)cc1. The number of hydrogen-bond acceptors (Lipinski definition) is 5. The van der Waals surface area contributed by atoms with Crippen molar-refractivity contribution in [3.8, 4) is 0 Å². The monoisotopic (exact) mass is 560 g/mol. The van der Waals surface area contributed by atoms with Gasteiger partial charge in [0.15, 0.2) is 0 Å². The summed E-state index contributed by atoms with van der Waals surface area (Å²) in [4.78, 5) is 58.9. The van der Waals surface area contributed by atoms with E-state index in [4.69, 9.17) is 5.11 Å². The van der Waals surface area contributed by atoms with Crippen LogP contribution in [0.25, 0.3) is 0 Å². The zero-order valence-electron chi connectivity index (χ0n) is 22.5. The van der Waals surface area contributed by atoms with Gasteiger partial charge in [0, 0.05) is 29.9 Å². The lowest BCUT2D eigenvalue weighted by Gasteiger charge is -2.18. The largest absolute Gasteiger partial charge is 0.481 e.